The Labute approximate surface area is 267 Å². The van der Waals surface area contributed by atoms with Crippen LogP contribution in [0.15, 0.2) is 66.7 Å². The van der Waals surface area contributed by atoms with Crippen LogP contribution >= 0.6 is 0 Å². The maximum absolute atomic E-state index is 14.2. The summed E-state index contributed by atoms with van der Waals surface area (Å²) in [4.78, 5) is 57.9. The van der Waals surface area contributed by atoms with Crippen LogP contribution in [0, 0.1) is 11.3 Å². The highest BCUT2D eigenvalue weighted by Gasteiger charge is 2.52. The van der Waals surface area contributed by atoms with Crippen LogP contribution in [-0.4, -0.2) is 115 Å². The van der Waals surface area contributed by atoms with Gasteiger partial charge in [-0.3, -0.25) is 9.59 Å². The summed E-state index contributed by atoms with van der Waals surface area (Å²) < 4.78 is 5.38. The van der Waals surface area contributed by atoms with Crippen molar-refractivity contribution in [1.29, 1.82) is 5.26 Å². The fraction of sp³-hybridized carbons (Fsp3) is 0.364. The Morgan fingerprint density at radius 1 is 1.04 bits per heavy atom. The number of hydrogen-bond acceptors (Lipinski definition) is 8. The standard InChI is InChI=1S/C33H38N8O5/c1-35-32(44)39(17-15-34)40-22-30(42)41-28(19-23-11-13-26(14-12-23)46-33(45)36-16-18-37(2)3)31(43)38(21-29(40)41)20-25-9-6-8-24-7-4-5-10-27(24)25/h4-14,28-29H,16-22H2,1-3H3,(H,35,44)(H,36,45)/t28-,29+/m0/s1. The summed E-state index contributed by atoms with van der Waals surface area (Å²) >= 11 is 0. The van der Waals surface area contributed by atoms with Crippen LogP contribution in [0.5, 0.6) is 5.75 Å². The van der Waals surface area contributed by atoms with Gasteiger partial charge in [-0.15, -0.1) is 0 Å². The highest BCUT2D eigenvalue weighted by atomic mass is 16.6. The van der Waals surface area contributed by atoms with Gasteiger partial charge in [0.2, 0.25) is 11.8 Å². The van der Waals surface area contributed by atoms with Gasteiger partial charge in [0.05, 0.1) is 19.2 Å². The molecule has 0 aromatic heterocycles. The van der Waals surface area contributed by atoms with E-state index < -0.39 is 24.3 Å². The number of rotatable bonds is 10. The van der Waals surface area contributed by atoms with Gasteiger partial charge in [-0.2, -0.15) is 10.3 Å². The molecule has 2 saturated heterocycles. The lowest BCUT2D eigenvalue weighted by atomic mass is 9.99. The first-order valence-corrected chi connectivity index (χ1v) is 15.1. The maximum atomic E-state index is 14.2. The van der Waals surface area contributed by atoms with Crippen LogP contribution in [0.3, 0.4) is 0 Å². The van der Waals surface area contributed by atoms with E-state index in [0.717, 1.165) is 21.9 Å². The van der Waals surface area contributed by atoms with Gasteiger partial charge in [0.25, 0.3) is 0 Å². The van der Waals surface area contributed by atoms with Gasteiger partial charge in [0, 0.05) is 33.1 Å². The lowest BCUT2D eigenvalue weighted by Crippen LogP contribution is -2.65. The van der Waals surface area contributed by atoms with Crippen LogP contribution in [0.2, 0.25) is 0 Å². The number of nitriles is 1. The van der Waals surface area contributed by atoms with Crippen LogP contribution in [-0.2, 0) is 22.6 Å². The second kappa shape index (κ2) is 14.3. The summed E-state index contributed by atoms with van der Waals surface area (Å²) in [6, 6.07) is 21.4. The highest BCUT2D eigenvalue weighted by molar-refractivity contribution is 5.92. The number of amides is 5. The van der Waals surface area contributed by atoms with Crippen LogP contribution < -0.4 is 15.4 Å². The number of fused-ring (bicyclic) bond motifs is 2. The summed E-state index contributed by atoms with van der Waals surface area (Å²) in [5, 5.41) is 19.6. The minimum Gasteiger partial charge on any atom is -0.410 e. The Morgan fingerprint density at radius 2 is 1.78 bits per heavy atom. The largest absolute Gasteiger partial charge is 0.412 e. The molecule has 2 aliphatic rings. The second-order valence-electron chi connectivity index (χ2n) is 11.5. The number of nitrogens with one attached hydrogen (secondary N) is 2. The number of likely N-dealkylation sites (N-methyl/N-ethyl adjacent to an activating group) is 1. The molecule has 5 rings (SSSR count). The minimum absolute atomic E-state index is 0.151. The summed E-state index contributed by atoms with van der Waals surface area (Å²) in [6.45, 7) is 1.16. The number of nitrogens with zero attached hydrogens (tertiary/aromatic N) is 6. The van der Waals surface area contributed by atoms with Crippen molar-refractivity contribution in [1.82, 2.24) is 35.4 Å². The molecule has 0 bridgehead atoms. The molecule has 3 aromatic rings. The van der Waals surface area contributed by atoms with E-state index in [4.69, 9.17) is 4.74 Å². The Bertz CT molecular complexity index is 1630. The van der Waals surface area contributed by atoms with E-state index in [1.54, 1.807) is 34.2 Å². The third-order valence-corrected chi connectivity index (χ3v) is 8.18. The van der Waals surface area contributed by atoms with Gasteiger partial charge >= 0.3 is 12.1 Å². The van der Waals surface area contributed by atoms with Crippen molar-refractivity contribution in [3.63, 3.8) is 0 Å². The number of benzene rings is 3. The molecule has 240 valence electrons. The zero-order valence-electron chi connectivity index (χ0n) is 26.2. The molecule has 13 heteroatoms. The summed E-state index contributed by atoms with van der Waals surface area (Å²) in [5.74, 6) is -0.182. The van der Waals surface area contributed by atoms with Crippen molar-refractivity contribution in [2.24, 2.45) is 0 Å². The second-order valence-corrected chi connectivity index (χ2v) is 11.5. The number of ether oxygens (including phenoxy) is 1. The number of hydrazine groups is 1. The normalized spacial score (nSPS) is 18.0. The molecule has 3 aromatic carbocycles. The van der Waals surface area contributed by atoms with Gasteiger partial charge in [-0.05, 0) is 48.1 Å². The first-order valence-electron chi connectivity index (χ1n) is 15.1. The number of piperazine rings is 1. The molecule has 46 heavy (non-hydrogen) atoms. The molecule has 2 atom stereocenters. The lowest BCUT2D eigenvalue weighted by molar-refractivity contribution is -0.157. The summed E-state index contributed by atoms with van der Waals surface area (Å²) in [5.41, 5.74) is 1.72. The molecule has 2 fully saturated rings. The Morgan fingerprint density at radius 3 is 2.50 bits per heavy atom. The van der Waals surface area contributed by atoms with Crippen LogP contribution in [0.25, 0.3) is 10.8 Å². The van der Waals surface area contributed by atoms with Gasteiger partial charge in [0.1, 0.15) is 24.5 Å². The van der Waals surface area contributed by atoms with Crippen LogP contribution in [0.4, 0.5) is 9.59 Å². The quantitative estimate of drug-likeness (QED) is 0.326. The van der Waals surface area contributed by atoms with E-state index in [9.17, 15) is 24.4 Å². The fourth-order valence-corrected chi connectivity index (χ4v) is 5.94. The molecule has 0 saturated carbocycles. The van der Waals surface area contributed by atoms with Crippen molar-refractivity contribution >= 4 is 34.7 Å². The van der Waals surface area contributed by atoms with Crippen molar-refractivity contribution in [2.45, 2.75) is 25.2 Å². The Hall–Kier alpha value is -5.19. The van der Waals surface area contributed by atoms with E-state index in [-0.39, 0.29) is 37.9 Å². The highest BCUT2D eigenvalue weighted by Crippen LogP contribution is 2.31. The monoisotopic (exact) mass is 626 g/mol. The topological polar surface area (TPSA) is 142 Å². The van der Waals surface area contributed by atoms with E-state index in [0.29, 0.717) is 25.4 Å². The van der Waals surface area contributed by atoms with Crippen molar-refractivity contribution < 1.29 is 23.9 Å². The zero-order valence-corrected chi connectivity index (χ0v) is 26.2. The predicted octanol–water partition coefficient (Wildman–Crippen LogP) is 1.99. The zero-order chi connectivity index (χ0) is 32.8. The van der Waals surface area contributed by atoms with E-state index >= 15 is 0 Å². The van der Waals surface area contributed by atoms with Gasteiger partial charge in [-0.1, -0.05) is 54.6 Å². The summed E-state index contributed by atoms with van der Waals surface area (Å²) in [7, 11) is 5.28. The van der Waals surface area contributed by atoms with Gasteiger partial charge in [-0.25, -0.2) is 14.6 Å². The molecule has 0 spiro atoms. The molecular weight excluding hydrogens is 588 g/mol. The number of carbonyl (C=O) groups excluding carboxylic acids is 4. The van der Waals surface area contributed by atoms with Crippen molar-refractivity contribution in [2.75, 3.05) is 53.9 Å². The smallest absolute Gasteiger partial charge is 0.410 e. The van der Waals surface area contributed by atoms with Crippen molar-refractivity contribution in [3.05, 3.63) is 77.9 Å². The third-order valence-electron chi connectivity index (χ3n) is 8.18. The predicted molar refractivity (Wildman–Crippen MR) is 170 cm³/mol. The molecule has 0 unspecified atom stereocenters. The van der Waals surface area contributed by atoms with Crippen LogP contribution in [0.1, 0.15) is 11.1 Å². The first kappa shape index (κ1) is 32.2. The van der Waals surface area contributed by atoms with E-state index in [1.807, 2.05) is 67.5 Å². The first-order chi connectivity index (χ1) is 22.2. The number of hydrogen-bond donors (Lipinski definition) is 2. The van der Waals surface area contributed by atoms with E-state index in [1.165, 1.54) is 17.0 Å². The average Bonchev–Trinajstić information content (AvgIpc) is 3.37. The summed E-state index contributed by atoms with van der Waals surface area (Å²) in [6.07, 6.45) is -1.02. The molecule has 0 radical (unpaired) electrons. The molecule has 0 aliphatic carbocycles. The average molecular weight is 627 g/mol. The number of urea groups is 1. The molecule has 2 heterocycles. The Balaban J connectivity index is 1.41. The molecule has 13 nitrogen and oxygen atoms in total. The maximum Gasteiger partial charge on any atom is 0.412 e. The van der Waals surface area contributed by atoms with Crippen molar-refractivity contribution in [3.8, 4) is 11.8 Å². The molecule has 5 amide bonds. The molecular formula is C33H38N8O5. The minimum atomic E-state index is -0.860. The Kier molecular flexibility index (Phi) is 10.00. The van der Waals surface area contributed by atoms with E-state index in [2.05, 4.69) is 10.6 Å². The SMILES string of the molecule is CNC(=O)N(CC#N)N1CC(=O)N2[C@@H](Cc3ccc(OC(=O)NCCN(C)C)cc3)C(=O)N(Cc3cccc4ccccc34)C[C@@H]21. The number of carbonyl (C=O) groups is 4. The van der Waals surface area contributed by atoms with Gasteiger partial charge in [0.15, 0.2) is 0 Å². The third kappa shape index (κ3) is 7.03. The lowest BCUT2D eigenvalue weighted by Gasteiger charge is -2.46. The fourth-order valence-electron chi connectivity index (χ4n) is 5.94. The van der Waals surface area contributed by atoms with Gasteiger partial charge < -0.3 is 30.1 Å². The molecule has 2 aliphatic heterocycles. The molecule has 2 N–H and O–H groups in total.